The number of carbonyl (C=O) groups excluding carboxylic acids is 2. The second-order valence-corrected chi connectivity index (χ2v) is 8.91. The summed E-state index contributed by atoms with van der Waals surface area (Å²) in [4.78, 5) is 27.4. The smallest absolute Gasteiger partial charge is 0.254 e. The molecule has 2 aromatic carbocycles. The van der Waals surface area contributed by atoms with Gasteiger partial charge in [0.1, 0.15) is 0 Å². The molecule has 2 aliphatic heterocycles. The normalized spacial score (nSPS) is 22.6. The lowest BCUT2D eigenvalue weighted by molar-refractivity contribution is 0.0602. The average Bonchev–Trinajstić information content (AvgIpc) is 2.68. The van der Waals surface area contributed by atoms with Crippen molar-refractivity contribution in [2.75, 3.05) is 13.1 Å². The number of sulfone groups is 1. The topological polar surface area (TPSA) is 83.6 Å². The zero-order valence-electron chi connectivity index (χ0n) is 15.5. The molecule has 1 fully saturated rings. The summed E-state index contributed by atoms with van der Waals surface area (Å²) in [6, 6.07) is 10.7. The maximum atomic E-state index is 13.0. The van der Waals surface area contributed by atoms with Crippen LogP contribution in [0.5, 0.6) is 0 Å². The van der Waals surface area contributed by atoms with Crippen molar-refractivity contribution in [1.82, 2.24) is 10.2 Å². The van der Waals surface area contributed by atoms with Gasteiger partial charge in [0.15, 0.2) is 5.78 Å². The molecule has 148 valence electrons. The summed E-state index contributed by atoms with van der Waals surface area (Å²) in [7, 11) is -3.85. The number of hydrogen-bond acceptors (Lipinski definition) is 5. The van der Waals surface area contributed by atoms with Crippen LogP contribution >= 0.6 is 12.4 Å². The van der Waals surface area contributed by atoms with Gasteiger partial charge in [-0.1, -0.05) is 12.1 Å². The fourth-order valence-electron chi connectivity index (χ4n) is 3.73. The molecular weight excluding hydrogens is 400 g/mol. The maximum Gasteiger partial charge on any atom is 0.254 e. The Morgan fingerprint density at radius 2 is 1.75 bits per heavy atom. The number of piperazine rings is 1. The number of rotatable bonds is 1. The lowest BCUT2D eigenvalue weighted by Crippen LogP contribution is -2.57. The first-order valence-corrected chi connectivity index (χ1v) is 10.4. The number of nitrogens with zero attached hydrogens (tertiary/aromatic N) is 1. The highest BCUT2D eigenvalue weighted by atomic mass is 35.5. The Balaban J connectivity index is 0.00000225. The molecule has 0 aliphatic carbocycles. The van der Waals surface area contributed by atoms with Gasteiger partial charge in [-0.05, 0) is 44.2 Å². The van der Waals surface area contributed by atoms with E-state index in [0.29, 0.717) is 13.1 Å². The van der Waals surface area contributed by atoms with E-state index in [2.05, 4.69) is 5.32 Å². The van der Waals surface area contributed by atoms with Gasteiger partial charge in [0.25, 0.3) is 5.91 Å². The summed E-state index contributed by atoms with van der Waals surface area (Å²) in [5, 5.41) is 3.31. The van der Waals surface area contributed by atoms with Crippen molar-refractivity contribution in [1.29, 1.82) is 0 Å². The molecule has 6 nitrogen and oxygen atoms in total. The van der Waals surface area contributed by atoms with E-state index in [1.54, 1.807) is 23.1 Å². The van der Waals surface area contributed by atoms with E-state index in [1.165, 1.54) is 24.3 Å². The van der Waals surface area contributed by atoms with Gasteiger partial charge in [-0.25, -0.2) is 8.42 Å². The minimum absolute atomic E-state index is 0. The third kappa shape index (κ3) is 3.03. The quantitative estimate of drug-likeness (QED) is 0.653. The number of ketones is 1. The van der Waals surface area contributed by atoms with Crippen molar-refractivity contribution in [2.24, 2.45) is 0 Å². The molecule has 28 heavy (non-hydrogen) atoms. The summed E-state index contributed by atoms with van der Waals surface area (Å²) in [6.45, 7) is 5.21. The van der Waals surface area contributed by atoms with Crippen molar-refractivity contribution in [3.05, 3.63) is 59.2 Å². The van der Waals surface area contributed by atoms with E-state index in [4.69, 9.17) is 0 Å². The summed E-state index contributed by atoms with van der Waals surface area (Å²) < 4.78 is 26.0. The molecule has 2 heterocycles. The SMILES string of the molecule is CC1NCCN(C(=O)c2ccc3c(c2)S(=O)(=O)c2ccccc2C3=O)C1C.Cl. The number of benzene rings is 2. The van der Waals surface area contributed by atoms with Crippen LogP contribution in [0.2, 0.25) is 0 Å². The van der Waals surface area contributed by atoms with E-state index in [9.17, 15) is 18.0 Å². The third-order valence-electron chi connectivity index (χ3n) is 5.48. The number of carbonyl (C=O) groups is 2. The molecule has 0 saturated carbocycles. The van der Waals surface area contributed by atoms with E-state index in [1.807, 2.05) is 13.8 Å². The molecule has 2 unspecified atom stereocenters. The van der Waals surface area contributed by atoms with Gasteiger partial charge in [0.2, 0.25) is 9.84 Å². The molecule has 1 saturated heterocycles. The molecule has 8 heteroatoms. The highest BCUT2D eigenvalue weighted by molar-refractivity contribution is 7.91. The summed E-state index contributed by atoms with van der Waals surface area (Å²) in [5.41, 5.74) is 0.575. The predicted octanol–water partition coefficient (Wildman–Crippen LogP) is 2.31. The summed E-state index contributed by atoms with van der Waals surface area (Å²) in [6.07, 6.45) is 0. The van der Waals surface area contributed by atoms with Crippen LogP contribution in [0.1, 0.15) is 40.1 Å². The highest BCUT2D eigenvalue weighted by Crippen LogP contribution is 2.35. The van der Waals surface area contributed by atoms with E-state index >= 15 is 0 Å². The van der Waals surface area contributed by atoms with Crippen LogP contribution in [0.4, 0.5) is 0 Å². The third-order valence-corrected chi connectivity index (χ3v) is 7.33. The minimum Gasteiger partial charge on any atom is -0.333 e. The number of nitrogens with one attached hydrogen (secondary N) is 1. The van der Waals surface area contributed by atoms with Crippen LogP contribution in [0, 0.1) is 0 Å². The minimum atomic E-state index is -3.85. The van der Waals surface area contributed by atoms with Crippen molar-refractivity contribution < 1.29 is 18.0 Å². The lowest BCUT2D eigenvalue weighted by Gasteiger charge is -2.38. The molecular formula is C20H21ClN2O4S. The fraction of sp³-hybridized carbons (Fsp3) is 0.300. The predicted molar refractivity (Wildman–Crippen MR) is 107 cm³/mol. The Bertz CT molecular complexity index is 1070. The van der Waals surface area contributed by atoms with Gasteiger partial charge in [-0.2, -0.15) is 0 Å². The molecule has 0 bridgehead atoms. The lowest BCUT2D eigenvalue weighted by atomic mass is 10.00. The second-order valence-electron chi connectivity index (χ2n) is 7.02. The van der Waals surface area contributed by atoms with Crippen LogP contribution in [0.25, 0.3) is 0 Å². The van der Waals surface area contributed by atoms with Crippen molar-refractivity contribution in [2.45, 2.75) is 35.7 Å². The Morgan fingerprint density at radius 1 is 1.07 bits per heavy atom. The molecule has 0 radical (unpaired) electrons. The largest absolute Gasteiger partial charge is 0.333 e. The van der Waals surface area contributed by atoms with Gasteiger partial charge >= 0.3 is 0 Å². The number of hydrogen-bond donors (Lipinski definition) is 1. The molecule has 1 amide bonds. The summed E-state index contributed by atoms with van der Waals surface area (Å²) >= 11 is 0. The number of halogens is 1. The van der Waals surface area contributed by atoms with E-state index in [0.717, 1.165) is 0 Å². The zero-order valence-corrected chi connectivity index (χ0v) is 17.1. The molecule has 2 aliphatic rings. The molecule has 2 aromatic rings. The highest BCUT2D eigenvalue weighted by Gasteiger charge is 2.36. The number of fused-ring (bicyclic) bond motifs is 2. The van der Waals surface area contributed by atoms with Crippen LogP contribution in [0.15, 0.2) is 52.3 Å². The van der Waals surface area contributed by atoms with Crippen LogP contribution in [-0.4, -0.2) is 50.2 Å². The first-order chi connectivity index (χ1) is 12.8. The van der Waals surface area contributed by atoms with Gasteiger partial charge in [-0.15, -0.1) is 12.4 Å². The molecule has 4 rings (SSSR count). The fourth-order valence-corrected chi connectivity index (χ4v) is 5.40. The van der Waals surface area contributed by atoms with Crippen molar-refractivity contribution in [3.63, 3.8) is 0 Å². The second kappa shape index (κ2) is 7.31. The van der Waals surface area contributed by atoms with Gasteiger partial charge < -0.3 is 10.2 Å². The Morgan fingerprint density at radius 3 is 2.50 bits per heavy atom. The van der Waals surface area contributed by atoms with Crippen molar-refractivity contribution in [3.8, 4) is 0 Å². The van der Waals surface area contributed by atoms with Crippen LogP contribution < -0.4 is 5.32 Å². The van der Waals surface area contributed by atoms with Gasteiger partial charge in [0.05, 0.1) is 9.79 Å². The summed E-state index contributed by atoms with van der Waals surface area (Å²) in [5.74, 6) is -0.557. The van der Waals surface area contributed by atoms with E-state index < -0.39 is 9.84 Å². The molecule has 1 N–H and O–H groups in total. The monoisotopic (exact) mass is 420 g/mol. The Hall–Kier alpha value is -2.22. The van der Waals surface area contributed by atoms with Crippen molar-refractivity contribution >= 4 is 33.9 Å². The van der Waals surface area contributed by atoms with Crippen LogP contribution in [-0.2, 0) is 9.84 Å². The first-order valence-electron chi connectivity index (χ1n) is 8.89. The molecule has 0 spiro atoms. The molecule has 0 aromatic heterocycles. The van der Waals surface area contributed by atoms with E-state index in [-0.39, 0.29) is 62.7 Å². The average molecular weight is 421 g/mol. The van der Waals surface area contributed by atoms with Crippen LogP contribution in [0.3, 0.4) is 0 Å². The van der Waals surface area contributed by atoms with Gasteiger partial charge in [0, 0.05) is 41.9 Å². The zero-order chi connectivity index (χ0) is 19.3. The number of amides is 1. The first kappa shape index (κ1) is 20.5. The standard InChI is InChI=1S/C20H20N2O4S.ClH/c1-12-13(2)22(10-9-21-12)20(24)14-7-8-16-18(11-14)27(25,26)17-6-4-3-5-15(17)19(16)23;/h3-8,11-13,21H,9-10H2,1-2H3;1H. The maximum absolute atomic E-state index is 13.0. The van der Waals surface area contributed by atoms with Gasteiger partial charge in [-0.3, -0.25) is 9.59 Å². The Labute approximate surface area is 170 Å². The molecule has 2 atom stereocenters. The Kier molecular flexibility index (Phi) is 5.36.